The molecule has 0 atom stereocenters. The van der Waals surface area contributed by atoms with Crippen molar-refractivity contribution in [3.63, 3.8) is 0 Å². The summed E-state index contributed by atoms with van der Waals surface area (Å²) in [5.74, 6) is 0.926. The second kappa shape index (κ2) is 7.28. The van der Waals surface area contributed by atoms with Crippen LogP contribution in [0.1, 0.15) is 6.42 Å². The lowest BCUT2D eigenvalue weighted by molar-refractivity contribution is -0.389. The van der Waals surface area contributed by atoms with E-state index in [1.807, 2.05) is 30.3 Å². The highest BCUT2D eigenvalue weighted by Crippen LogP contribution is 2.25. The number of para-hydroxylation sites is 1. The van der Waals surface area contributed by atoms with Gasteiger partial charge < -0.3 is 20.2 Å². The number of rotatable bonds is 7. The molecule has 136 valence electrons. The molecule has 0 bridgehead atoms. The Kier molecular flexibility index (Phi) is 4.52. The van der Waals surface area contributed by atoms with Gasteiger partial charge in [0.05, 0.1) is 12.8 Å². The fourth-order valence-electron chi connectivity index (χ4n) is 2.93. The molecule has 0 fully saturated rings. The largest absolute Gasteiger partial charge is 0.491 e. The van der Waals surface area contributed by atoms with Crippen LogP contribution in [0.15, 0.2) is 60.9 Å². The number of hydrogen-bond acceptors (Lipinski definition) is 6. The average Bonchev–Trinajstić information content (AvgIpc) is 3.06. The second-order valence-corrected chi connectivity index (χ2v) is 5.93. The molecule has 0 spiro atoms. The third-order valence-electron chi connectivity index (χ3n) is 4.14. The molecule has 0 aliphatic rings. The van der Waals surface area contributed by atoms with Crippen LogP contribution in [0.4, 0.5) is 11.6 Å². The number of imidazole rings is 1. The predicted molar refractivity (Wildman–Crippen MR) is 102 cm³/mol. The topological polar surface area (TPSA) is 94.6 Å². The van der Waals surface area contributed by atoms with E-state index in [9.17, 15) is 10.1 Å². The van der Waals surface area contributed by atoms with Gasteiger partial charge in [-0.2, -0.15) is 9.38 Å². The quantitative estimate of drug-likeness (QED) is 0.306. The van der Waals surface area contributed by atoms with E-state index < -0.39 is 4.92 Å². The highest BCUT2D eigenvalue weighted by molar-refractivity contribution is 5.84. The van der Waals surface area contributed by atoms with Gasteiger partial charge in [0.25, 0.3) is 0 Å². The Labute approximate surface area is 154 Å². The number of pyridine rings is 2. The van der Waals surface area contributed by atoms with Crippen molar-refractivity contribution in [2.24, 2.45) is 0 Å². The Bertz CT molecular complexity index is 1100. The Morgan fingerprint density at radius 3 is 2.93 bits per heavy atom. The fourth-order valence-corrected chi connectivity index (χ4v) is 2.93. The molecular weight excluding hydrogens is 346 g/mol. The van der Waals surface area contributed by atoms with Crippen LogP contribution in [0.5, 0.6) is 5.75 Å². The maximum absolute atomic E-state index is 11.4. The molecular formula is C19H17N5O3. The van der Waals surface area contributed by atoms with E-state index in [4.69, 9.17) is 4.74 Å². The molecule has 1 N–H and O–H groups in total. The molecule has 0 saturated carbocycles. The number of nitrogens with one attached hydrogen (secondary N) is 1. The van der Waals surface area contributed by atoms with E-state index in [-0.39, 0.29) is 11.6 Å². The number of ether oxygens (including phenoxy) is 1. The van der Waals surface area contributed by atoms with Crippen molar-refractivity contribution in [1.29, 1.82) is 0 Å². The summed E-state index contributed by atoms with van der Waals surface area (Å²) in [6.07, 6.45) is 4.02. The minimum Gasteiger partial charge on any atom is -0.491 e. The molecule has 8 heteroatoms. The molecule has 0 aliphatic carbocycles. The zero-order valence-corrected chi connectivity index (χ0v) is 14.4. The summed E-state index contributed by atoms with van der Waals surface area (Å²) in [4.78, 5) is 19.6. The maximum Gasteiger partial charge on any atom is 0.372 e. The summed E-state index contributed by atoms with van der Waals surface area (Å²) in [7, 11) is 0. The summed E-state index contributed by atoms with van der Waals surface area (Å²) < 4.78 is 7.29. The molecule has 0 radical (unpaired) electrons. The van der Waals surface area contributed by atoms with Crippen molar-refractivity contribution in [1.82, 2.24) is 14.4 Å². The van der Waals surface area contributed by atoms with Gasteiger partial charge in [0.1, 0.15) is 11.3 Å². The highest BCUT2D eigenvalue weighted by atomic mass is 16.6. The number of aromatic nitrogens is 3. The molecule has 27 heavy (non-hydrogen) atoms. The first kappa shape index (κ1) is 16.8. The number of nitro groups is 1. The monoisotopic (exact) mass is 363 g/mol. The normalized spacial score (nSPS) is 11.0. The number of hydrogen-bond donors (Lipinski definition) is 1. The molecule has 0 aliphatic heterocycles. The number of anilines is 1. The van der Waals surface area contributed by atoms with Gasteiger partial charge in [-0.25, -0.2) is 0 Å². The van der Waals surface area contributed by atoms with Crippen molar-refractivity contribution in [2.45, 2.75) is 6.42 Å². The Morgan fingerprint density at radius 2 is 2.04 bits per heavy atom. The smallest absolute Gasteiger partial charge is 0.372 e. The minimum atomic E-state index is -0.430. The van der Waals surface area contributed by atoms with E-state index >= 15 is 0 Å². The van der Waals surface area contributed by atoms with Crippen LogP contribution in [0, 0.1) is 10.1 Å². The van der Waals surface area contributed by atoms with E-state index in [0.717, 1.165) is 16.7 Å². The molecule has 3 heterocycles. The zero-order chi connectivity index (χ0) is 18.6. The molecule has 0 unspecified atom stereocenters. The van der Waals surface area contributed by atoms with Crippen molar-refractivity contribution >= 4 is 28.2 Å². The number of benzene rings is 1. The van der Waals surface area contributed by atoms with Gasteiger partial charge in [0.2, 0.25) is 11.5 Å². The van der Waals surface area contributed by atoms with Crippen molar-refractivity contribution in [3.8, 4) is 5.75 Å². The summed E-state index contributed by atoms with van der Waals surface area (Å²) >= 11 is 0. The van der Waals surface area contributed by atoms with Crippen LogP contribution in [0.25, 0.3) is 16.6 Å². The summed E-state index contributed by atoms with van der Waals surface area (Å²) in [5.41, 5.74) is 1.36. The van der Waals surface area contributed by atoms with Crippen LogP contribution in [-0.4, -0.2) is 32.4 Å². The van der Waals surface area contributed by atoms with Crippen LogP contribution < -0.4 is 10.1 Å². The van der Waals surface area contributed by atoms with Gasteiger partial charge in [0, 0.05) is 24.2 Å². The van der Waals surface area contributed by atoms with Crippen molar-refractivity contribution in [3.05, 3.63) is 71.0 Å². The van der Waals surface area contributed by atoms with Crippen molar-refractivity contribution in [2.75, 3.05) is 18.5 Å². The molecule has 4 rings (SSSR count). The Balaban J connectivity index is 1.39. The van der Waals surface area contributed by atoms with Gasteiger partial charge in [-0.05, 0) is 29.5 Å². The highest BCUT2D eigenvalue weighted by Gasteiger charge is 2.21. The van der Waals surface area contributed by atoms with Crippen molar-refractivity contribution < 1.29 is 9.66 Å². The van der Waals surface area contributed by atoms with Gasteiger partial charge >= 0.3 is 5.82 Å². The molecule has 8 nitrogen and oxygen atoms in total. The SMILES string of the molecule is O=[N+]([O-])c1c(NCCCOc2cccc3cccnc23)nc2ccccn12. The van der Waals surface area contributed by atoms with E-state index in [1.165, 1.54) is 4.40 Å². The first-order valence-corrected chi connectivity index (χ1v) is 8.56. The third-order valence-corrected chi connectivity index (χ3v) is 4.14. The van der Waals surface area contributed by atoms with E-state index in [0.29, 0.717) is 25.2 Å². The zero-order valence-electron chi connectivity index (χ0n) is 14.4. The first-order chi connectivity index (χ1) is 13.2. The lowest BCUT2D eigenvalue weighted by atomic mass is 10.2. The van der Waals surface area contributed by atoms with Gasteiger partial charge in [0.15, 0.2) is 0 Å². The van der Waals surface area contributed by atoms with E-state index in [1.54, 1.807) is 30.6 Å². The lowest BCUT2D eigenvalue weighted by Gasteiger charge is -2.09. The standard InChI is InChI=1S/C19H17N5O3/c25-24(26)19-18(22-16-9-1-2-12-23(16)19)21-11-5-13-27-15-8-3-6-14-7-4-10-20-17(14)15/h1-4,6-10,12,21H,5,11,13H2. The third kappa shape index (κ3) is 3.37. The van der Waals surface area contributed by atoms with Gasteiger partial charge in [-0.1, -0.05) is 24.3 Å². The molecule has 3 aromatic heterocycles. The average molecular weight is 363 g/mol. The first-order valence-electron chi connectivity index (χ1n) is 8.56. The lowest BCUT2D eigenvalue weighted by Crippen LogP contribution is -2.09. The minimum absolute atomic E-state index is 0.0650. The maximum atomic E-state index is 11.4. The van der Waals surface area contributed by atoms with Crippen LogP contribution in [-0.2, 0) is 0 Å². The van der Waals surface area contributed by atoms with Gasteiger partial charge in [-0.3, -0.25) is 4.98 Å². The predicted octanol–water partition coefficient (Wildman–Crippen LogP) is 3.67. The Morgan fingerprint density at radius 1 is 1.15 bits per heavy atom. The van der Waals surface area contributed by atoms with E-state index in [2.05, 4.69) is 15.3 Å². The second-order valence-electron chi connectivity index (χ2n) is 5.93. The van der Waals surface area contributed by atoms with Gasteiger partial charge in [-0.15, -0.1) is 0 Å². The Hall–Kier alpha value is -3.68. The molecule has 0 saturated heterocycles. The van der Waals surface area contributed by atoms with Crippen LogP contribution in [0.3, 0.4) is 0 Å². The summed E-state index contributed by atoms with van der Waals surface area (Å²) in [6.45, 7) is 0.965. The van der Waals surface area contributed by atoms with Crippen LogP contribution >= 0.6 is 0 Å². The summed E-state index contributed by atoms with van der Waals surface area (Å²) in [5, 5.41) is 15.4. The molecule has 0 amide bonds. The number of fused-ring (bicyclic) bond motifs is 2. The van der Waals surface area contributed by atoms with Crippen LogP contribution in [0.2, 0.25) is 0 Å². The number of nitrogens with zero attached hydrogens (tertiary/aromatic N) is 4. The fraction of sp³-hybridized carbons (Fsp3) is 0.158. The summed E-state index contributed by atoms with van der Waals surface area (Å²) in [6, 6.07) is 14.9. The molecule has 4 aromatic rings. The molecule has 1 aromatic carbocycles.